The van der Waals surface area contributed by atoms with Crippen molar-refractivity contribution < 1.29 is 14.7 Å². The molecule has 2 atom stereocenters. The normalized spacial score (nSPS) is 27.8. The highest BCUT2D eigenvalue weighted by Gasteiger charge is 2.41. The second-order valence-corrected chi connectivity index (χ2v) is 4.00. The number of carboxylic acid groups (broad SMARTS) is 1. The average Bonchev–Trinajstić information content (AvgIpc) is 2.56. The third-order valence-electron chi connectivity index (χ3n) is 3.07. The van der Waals surface area contributed by atoms with Crippen LogP contribution in [0.2, 0.25) is 0 Å². The van der Waals surface area contributed by atoms with E-state index < -0.39 is 12.0 Å². The standard InChI is InChI=1S/C9H15N3O3/c1-6(8(13)14)12-5-7-4-10-2-3-11(7)9(12)15/h6-7,10H,2-5H2,1H3,(H,13,14). The molecule has 6 heteroatoms. The van der Waals surface area contributed by atoms with Gasteiger partial charge in [-0.1, -0.05) is 0 Å². The van der Waals surface area contributed by atoms with Crippen molar-refractivity contribution in [2.45, 2.75) is 19.0 Å². The molecule has 0 radical (unpaired) electrons. The monoisotopic (exact) mass is 213 g/mol. The Hall–Kier alpha value is -1.30. The Kier molecular flexibility index (Phi) is 2.52. The van der Waals surface area contributed by atoms with Crippen molar-refractivity contribution >= 4 is 12.0 Å². The second kappa shape index (κ2) is 3.69. The number of piperazine rings is 1. The van der Waals surface area contributed by atoms with Gasteiger partial charge in [0.25, 0.3) is 0 Å². The van der Waals surface area contributed by atoms with Crippen LogP contribution in [0.5, 0.6) is 0 Å². The second-order valence-electron chi connectivity index (χ2n) is 4.00. The van der Waals surface area contributed by atoms with Crippen LogP contribution in [0, 0.1) is 0 Å². The number of nitrogens with one attached hydrogen (secondary N) is 1. The minimum Gasteiger partial charge on any atom is -0.480 e. The summed E-state index contributed by atoms with van der Waals surface area (Å²) in [5.74, 6) is -0.948. The van der Waals surface area contributed by atoms with Gasteiger partial charge in [0.05, 0.1) is 6.04 Å². The average molecular weight is 213 g/mol. The molecule has 0 aliphatic carbocycles. The molecule has 2 saturated heterocycles. The van der Waals surface area contributed by atoms with E-state index in [1.165, 1.54) is 4.90 Å². The molecule has 0 saturated carbocycles. The first kappa shape index (κ1) is 10.2. The summed E-state index contributed by atoms with van der Waals surface area (Å²) in [5.41, 5.74) is 0. The van der Waals surface area contributed by atoms with E-state index in [0.717, 1.165) is 13.1 Å². The summed E-state index contributed by atoms with van der Waals surface area (Å²) in [4.78, 5) is 25.8. The van der Waals surface area contributed by atoms with Gasteiger partial charge in [-0.15, -0.1) is 0 Å². The van der Waals surface area contributed by atoms with Crippen LogP contribution in [0.15, 0.2) is 0 Å². The number of carboxylic acids is 1. The van der Waals surface area contributed by atoms with E-state index in [0.29, 0.717) is 13.1 Å². The molecule has 2 N–H and O–H groups in total. The fourth-order valence-corrected chi connectivity index (χ4v) is 2.10. The predicted molar refractivity (Wildman–Crippen MR) is 52.6 cm³/mol. The van der Waals surface area contributed by atoms with Crippen molar-refractivity contribution in [1.82, 2.24) is 15.1 Å². The van der Waals surface area contributed by atoms with Gasteiger partial charge in [0.1, 0.15) is 6.04 Å². The zero-order valence-corrected chi connectivity index (χ0v) is 8.64. The molecule has 0 aromatic rings. The third kappa shape index (κ3) is 1.65. The van der Waals surface area contributed by atoms with Crippen LogP contribution in [0.3, 0.4) is 0 Å². The molecule has 0 spiro atoms. The molecule has 0 aromatic carbocycles. The van der Waals surface area contributed by atoms with Gasteiger partial charge < -0.3 is 20.2 Å². The van der Waals surface area contributed by atoms with Crippen molar-refractivity contribution in [3.05, 3.63) is 0 Å². The van der Waals surface area contributed by atoms with Crippen LogP contribution in [0.4, 0.5) is 4.79 Å². The molecule has 0 bridgehead atoms. The largest absolute Gasteiger partial charge is 0.480 e. The molecule has 2 fully saturated rings. The lowest BCUT2D eigenvalue weighted by molar-refractivity contribution is -0.141. The maximum Gasteiger partial charge on any atom is 0.326 e. The summed E-state index contributed by atoms with van der Waals surface area (Å²) in [6.07, 6.45) is 0. The molecule has 2 amide bonds. The Bertz CT molecular complexity index is 294. The van der Waals surface area contributed by atoms with Gasteiger partial charge in [-0.05, 0) is 6.92 Å². The quantitative estimate of drug-likeness (QED) is 0.628. The molecule has 6 nitrogen and oxygen atoms in total. The minimum absolute atomic E-state index is 0.132. The van der Waals surface area contributed by atoms with E-state index >= 15 is 0 Å². The first-order valence-electron chi connectivity index (χ1n) is 5.12. The predicted octanol–water partition coefficient (Wildman–Crippen LogP) is -0.831. The zero-order chi connectivity index (χ0) is 11.0. The highest BCUT2D eigenvalue weighted by molar-refractivity contribution is 5.84. The topological polar surface area (TPSA) is 72.9 Å². The van der Waals surface area contributed by atoms with E-state index in [4.69, 9.17) is 5.11 Å². The summed E-state index contributed by atoms with van der Waals surface area (Å²) in [6, 6.07) is -0.743. The molecule has 0 aromatic heterocycles. The van der Waals surface area contributed by atoms with Crippen LogP contribution in [-0.2, 0) is 4.79 Å². The molecular formula is C9H15N3O3. The molecule has 2 aliphatic heterocycles. The van der Waals surface area contributed by atoms with Crippen LogP contribution in [-0.4, -0.2) is 65.2 Å². The summed E-state index contributed by atoms with van der Waals surface area (Å²) in [5, 5.41) is 12.1. The van der Waals surface area contributed by atoms with Gasteiger partial charge in [0, 0.05) is 26.2 Å². The first-order valence-corrected chi connectivity index (χ1v) is 5.12. The number of urea groups is 1. The van der Waals surface area contributed by atoms with E-state index in [1.807, 2.05) is 0 Å². The summed E-state index contributed by atoms with van der Waals surface area (Å²) >= 11 is 0. The van der Waals surface area contributed by atoms with Crippen molar-refractivity contribution in [3.8, 4) is 0 Å². The highest BCUT2D eigenvalue weighted by Crippen LogP contribution is 2.19. The molecule has 15 heavy (non-hydrogen) atoms. The minimum atomic E-state index is -0.948. The van der Waals surface area contributed by atoms with Gasteiger partial charge in [-0.25, -0.2) is 9.59 Å². The number of carbonyl (C=O) groups excluding carboxylic acids is 1. The highest BCUT2D eigenvalue weighted by atomic mass is 16.4. The maximum absolute atomic E-state index is 11.8. The van der Waals surface area contributed by atoms with Crippen LogP contribution >= 0.6 is 0 Å². The van der Waals surface area contributed by atoms with Crippen molar-refractivity contribution in [3.63, 3.8) is 0 Å². The third-order valence-corrected chi connectivity index (χ3v) is 3.07. The summed E-state index contributed by atoms with van der Waals surface area (Å²) in [7, 11) is 0. The SMILES string of the molecule is CC(C(=O)O)N1CC2CNCCN2C1=O. The molecular weight excluding hydrogens is 198 g/mol. The van der Waals surface area contributed by atoms with E-state index in [-0.39, 0.29) is 12.1 Å². The number of carbonyl (C=O) groups is 2. The Morgan fingerprint density at radius 1 is 1.67 bits per heavy atom. The van der Waals surface area contributed by atoms with Crippen LogP contribution in [0.1, 0.15) is 6.92 Å². The van der Waals surface area contributed by atoms with E-state index in [9.17, 15) is 9.59 Å². The first-order chi connectivity index (χ1) is 7.11. The van der Waals surface area contributed by atoms with Gasteiger partial charge in [0.2, 0.25) is 0 Å². The number of hydrogen-bond acceptors (Lipinski definition) is 3. The van der Waals surface area contributed by atoms with E-state index in [2.05, 4.69) is 5.32 Å². The van der Waals surface area contributed by atoms with Crippen LogP contribution in [0.25, 0.3) is 0 Å². The van der Waals surface area contributed by atoms with Crippen LogP contribution < -0.4 is 5.32 Å². The molecule has 2 rings (SSSR count). The van der Waals surface area contributed by atoms with Gasteiger partial charge in [-0.3, -0.25) is 0 Å². The Labute approximate surface area is 87.8 Å². The van der Waals surface area contributed by atoms with Gasteiger partial charge >= 0.3 is 12.0 Å². The Balaban J connectivity index is 2.10. The Morgan fingerprint density at radius 2 is 2.40 bits per heavy atom. The van der Waals surface area contributed by atoms with Gasteiger partial charge in [-0.2, -0.15) is 0 Å². The lowest BCUT2D eigenvalue weighted by Gasteiger charge is -2.28. The number of nitrogens with zero attached hydrogens (tertiary/aromatic N) is 2. The number of hydrogen-bond donors (Lipinski definition) is 2. The summed E-state index contributed by atoms with van der Waals surface area (Å²) < 4.78 is 0. The Morgan fingerprint density at radius 3 is 3.00 bits per heavy atom. The number of fused-ring (bicyclic) bond motifs is 1. The molecule has 2 heterocycles. The van der Waals surface area contributed by atoms with Gasteiger partial charge in [0.15, 0.2) is 0 Å². The molecule has 2 aliphatic rings. The number of rotatable bonds is 2. The maximum atomic E-state index is 11.8. The van der Waals surface area contributed by atoms with Crippen molar-refractivity contribution in [2.75, 3.05) is 26.2 Å². The number of aliphatic carboxylic acids is 1. The molecule has 2 unspecified atom stereocenters. The van der Waals surface area contributed by atoms with Crippen molar-refractivity contribution in [1.29, 1.82) is 0 Å². The number of amides is 2. The van der Waals surface area contributed by atoms with Crippen molar-refractivity contribution in [2.24, 2.45) is 0 Å². The summed E-state index contributed by atoms with van der Waals surface area (Å²) in [6.45, 7) is 4.28. The fraction of sp³-hybridized carbons (Fsp3) is 0.778. The zero-order valence-electron chi connectivity index (χ0n) is 8.64. The lowest BCUT2D eigenvalue weighted by atomic mass is 10.2. The fourth-order valence-electron chi connectivity index (χ4n) is 2.10. The smallest absolute Gasteiger partial charge is 0.326 e. The van der Waals surface area contributed by atoms with E-state index in [1.54, 1.807) is 11.8 Å². The lowest BCUT2D eigenvalue weighted by Crippen LogP contribution is -2.50. The molecule has 84 valence electrons.